The van der Waals surface area contributed by atoms with Crippen LogP contribution in [0.5, 0.6) is 0 Å². The summed E-state index contributed by atoms with van der Waals surface area (Å²) >= 11 is 0. The van der Waals surface area contributed by atoms with Crippen molar-refractivity contribution in [1.82, 2.24) is 4.90 Å². The Morgan fingerprint density at radius 3 is 2.73 bits per heavy atom. The molecule has 86 valence electrons. The highest BCUT2D eigenvalue weighted by atomic mass is 16.4. The van der Waals surface area contributed by atoms with Crippen LogP contribution in [0.2, 0.25) is 0 Å². The maximum absolute atomic E-state index is 10.9. The van der Waals surface area contributed by atoms with Gasteiger partial charge in [0.05, 0.1) is 0 Å². The van der Waals surface area contributed by atoms with Crippen molar-refractivity contribution in [2.75, 3.05) is 13.6 Å². The molecule has 1 saturated heterocycles. The van der Waals surface area contributed by atoms with Crippen molar-refractivity contribution in [3.63, 3.8) is 0 Å². The highest BCUT2D eigenvalue weighted by Gasteiger charge is 2.52. The number of nitrogens with zero attached hydrogens (tertiary/aromatic N) is 1. The molecule has 3 N–H and O–H groups in total. The van der Waals surface area contributed by atoms with Crippen LogP contribution >= 0.6 is 0 Å². The number of likely N-dealkylation sites (tertiary alicyclic amines) is 1. The van der Waals surface area contributed by atoms with Gasteiger partial charge in [-0.3, -0.25) is 4.79 Å². The van der Waals surface area contributed by atoms with Crippen LogP contribution in [0, 0.1) is 5.41 Å². The van der Waals surface area contributed by atoms with Gasteiger partial charge in [-0.2, -0.15) is 0 Å². The van der Waals surface area contributed by atoms with Gasteiger partial charge >= 0.3 is 5.97 Å². The summed E-state index contributed by atoms with van der Waals surface area (Å²) in [7, 11) is 2.13. The van der Waals surface area contributed by atoms with Crippen LogP contribution in [-0.2, 0) is 4.79 Å². The van der Waals surface area contributed by atoms with Crippen molar-refractivity contribution in [2.45, 2.75) is 44.2 Å². The van der Waals surface area contributed by atoms with Crippen LogP contribution in [0.25, 0.3) is 0 Å². The minimum absolute atomic E-state index is 0.0882. The maximum atomic E-state index is 10.9. The van der Waals surface area contributed by atoms with E-state index in [-0.39, 0.29) is 5.41 Å². The van der Waals surface area contributed by atoms with E-state index < -0.39 is 12.0 Å². The second kappa shape index (κ2) is 3.76. The van der Waals surface area contributed by atoms with Crippen LogP contribution in [0.3, 0.4) is 0 Å². The second-order valence-corrected chi connectivity index (χ2v) is 5.16. The van der Waals surface area contributed by atoms with Gasteiger partial charge in [0.25, 0.3) is 0 Å². The summed E-state index contributed by atoms with van der Waals surface area (Å²) in [6, 6.07) is -0.107. The predicted molar refractivity (Wildman–Crippen MR) is 57.5 cm³/mol. The number of hydrogen-bond donors (Lipinski definition) is 2. The Morgan fingerprint density at radius 2 is 2.33 bits per heavy atom. The zero-order valence-corrected chi connectivity index (χ0v) is 9.28. The Morgan fingerprint density at radius 1 is 1.67 bits per heavy atom. The van der Waals surface area contributed by atoms with Gasteiger partial charge in [0.1, 0.15) is 6.04 Å². The molecule has 1 aliphatic heterocycles. The summed E-state index contributed by atoms with van der Waals surface area (Å²) in [5.41, 5.74) is 5.67. The molecule has 1 aliphatic carbocycles. The monoisotopic (exact) mass is 212 g/mol. The summed E-state index contributed by atoms with van der Waals surface area (Å²) in [6.07, 6.45) is 5.39. The molecule has 2 aliphatic rings. The first-order valence-electron chi connectivity index (χ1n) is 5.74. The van der Waals surface area contributed by atoms with Crippen LogP contribution < -0.4 is 5.73 Å². The van der Waals surface area contributed by atoms with E-state index in [0.29, 0.717) is 6.04 Å². The summed E-state index contributed by atoms with van der Waals surface area (Å²) in [5.74, 6) is -0.840. The fourth-order valence-corrected chi connectivity index (χ4v) is 2.77. The highest BCUT2D eigenvalue weighted by Crippen LogP contribution is 2.53. The van der Waals surface area contributed by atoms with E-state index >= 15 is 0 Å². The zero-order valence-electron chi connectivity index (χ0n) is 9.28. The van der Waals surface area contributed by atoms with Crippen molar-refractivity contribution in [3.8, 4) is 0 Å². The Bertz CT molecular complexity index is 263. The van der Waals surface area contributed by atoms with E-state index in [2.05, 4.69) is 11.9 Å². The molecule has 2 atom stereocenters. The zero-order chi connectivity index (χ0) is 11.1. The van der Waals surface area contributed by atoms with E-state index in [4.69, 9.17) is 10.8 Å². The van der Waals surface area contributed by atoms with E-state index in [1.54, 1.807) is 0 Å². The minimum atomic E-state index is -0.840. The van der Waals surface area contributed by atoms with Crippen molar-refractivity contribution < 1.29 is 9.90 Å². The van der Waals surface area contributed by atoms with Crippen LogP contribution in [-0.4, -0.2) is 41.7 Å². The molecule has 4 nitrogen and oxygen atoms in total. The lowest BCUT2D eigenvalue weighted by molar-refractivity contribution is -0.140. The van der Waals surface area contributed by atoms with Gasteiger partial charge in [0.2, 0.25) is 0 Å². The molecule has 0 bridgehead atoms. The van der Waals surface area contributed by atoms with Gasteiger partial charge in [-0.05, 0) is 51.1 Å². The van der Waals surface area contributed by atoms with Crippen molar-refractivity contribution >= 4 is 5.97 Å². The average Bonchev–Trinajstić information content (AvgIpc) is 2.86. The number of hydrogen-bond acceptors (Lipinski definition) is 3. The topological polar surface area (TPSA) is 66.6 Å². The summed E-state index contributed by atoms with van der Waals surface area (Å²) in [4.78, 5) is 13.2. The molecule has 0 aromatic carbocycles. The van der Waals surface area contributed by atoms with Gasteiger partial charge < -0.3 is 15.7 Å². The molecule has 0 aromatic heterocycles. The third-order valence-corrected chi connectivity index (χ3v) is 4.13. The quantitative estimate of drug-likeness (QED) is 0.718. The van der Waals surface area contributed by atoms with Gasteiger partial charge in [0.15, 0.2) is 0 Å². The van der Waals surface area contributed by atoms with Crippen molar-refractivity contribution in [3.05, 3.63) is 0 Å². The molecule has 1 saturated carbocycles. The molecule has 2 rings (SSSR count). The Kier molecular flexibility index (Phi) is 2.73. The van der Waals surface area contributed by atoms with E-state index in [1.165, 1.54) is 12.8 Å². The molecule has 0 amide bonds. The normalized spacial score (nSPS) is 31.5. The molecule has 15 heavy (non-hydrogen) atoms. The Hall–Kier alpha value is -0.610. The SMILES string of the molecule is CN1CCCC1CC1(C(N)C(=O)O)CC1. The maximum Gasteiger partial charge on any atom is 0.321 e. The first kappa shape index (κ1) is 10.9. The first-order valence-corrected chi connectivity index (χ1v) is 5.74. The van der Waals surface area contributed by atoms with Gasteiger partial charge in [-0.1, -0.05) is 0 Å². The van der Waals surface area contributed by atoms with E-state index in [9.17, 15) is 4.79 Å². The smallest absolute Gasteiger partial charge is 0.321 e. The lowest BCUT2D eigenvalue weighted by Gasteiger charge is -2.27. The molecular weight excluding hydrogens is 192 g/mol. The third kappa shape index (κ3) is 2.01. The molecule has 1 heterocycles. The van der Waals surface area contributed by atoms with Crippen LogP contribution in [0.1, 0.15) is 32.1 Å². The van der Waals surface area contributed by atoms with Gasteiger partial charge in [0, 0.05) is 6.04 Å². The van der Waals surface area contributed by atoms with Gasteiger partial charge in [-0.15, -0.1) is 0 Å². The molecular formula is C11H20N2O2. The first-order chi connectivity index (χ1) is 7.05. The fraction of sp³-hybridized carbons (Fsp3) is 0.909. The Labute approximate surface area is 90.4 Å². The van der Waals surface area contributed by atoms with Gasteiger partial charge in [-0.25, -0.2) is 0 Å². The summed E-state index contributed by atoms with van der Waals surface area (Å²) < 4.78 is 0. The highest BCUT2D eigenvalue weighted by molar-refractivity contribution is 5.75. The largest absolute Gasteiger partial charge is 0.480 e. The Balaban J connectivity index is 1.96. The summed E-state index contributed by atoms with van der Waals surface area (Å²) in [6.45, 7) is 1.14. The molecule has 2 fully saturated rings. The fourth-order valence-electron chi connectivity index (χ4n) is 2.77. The second-order valence-electron chi connectivity index (χ2n) is 5.16. The molecule has 0 radical (unpaired) electrons. The number of rotatable bonds is 4. The van der Waals surface area contributed by atoms with Crippen molar-refractivity contribution in [1.29, 1.82) is 0 Å². The molecule has 0 spiro atoms. The lowest BCUT2D eigenvalue weighted by Crippen LogP contribution is -2.42. The van der Waals surface area contributed by atoms with Crippen molar-refractivity contribution in [2.24, 2.45) is 11.1 Å². The molecule has 4 heteroatoms. The molecule has 0 aromatic rings. The van der Waals surface area contributed by atoms with E-state index in [0.717, 1.165) is 25.8 Å². The molecule has 2 unspecified atom stereocenters. The number of carbonyl (C=O) groups is 1. The average molecular weight is 212 g/mol. The predicted octanol–water partition coefficient (Wildman–Crippen LogP) is 0.663. The number of carboxylic acid groups (broad SMARTS) is 1. The van der Waals surface area contributed by atoms with Crippen LogP contribution in [0.15, 0.2) is 0 Å². The number of carboxylic acids is 1. The standard InChI is InChI=1S/C11H20N2O2/c1-13-6-2-3-8(13)7-11(4-5-11)9(12)10(14)15/h8-9H,2-7,12H2,1H3,(H,14,15). The van der Waals surface area contributed by atoms with E-state index in [1.807, 2.05) is 0 Å². The lowest BCUT2D eigenvalue weighted by atomic mass is 9.88. The third-order valence-electron chi connectivity index (χ3n) is 4.13. The number of aliphatic carboxylic acids is 1. The minimum Gasteiger partial charge on any atom is -0.480 e. The summed E-state index contributed by atoms with van der Waals surface area (Å²) in [5, 5.41) is 8.96. The number of nitrogens with two attached hydrogens (primary N) is 1. The van der Waals surface area contributed by atoms with Crippen LogP contribution in [0.4, 0.5) is 0 Å².